The molecular formula is C30H23NO7S2. The molecule has 0 bridgehead atoms. The van der Waals surface area contributed by atoms with E-state index in [1.165, 1.54) is 21.6 Å². The molecule has 8 nitrogen and oxygen atoms in total. The van der Waals surface area contributed by atoms with E-state index in [0.717, 1.165) is 5.03 Å². The maximum atomic E-state index is 13.0. The quantitative estimate of drug-likeness (QED) is 0.0949. The van der Waals surface area contributed by atoms with Crippen LogP contribution in [-0.4, -0.2) is 36.1 Å². The second-order valence-electron chi connectivity index (χ2n) is 8.74. The van der Waals surface area contributed by atoms with Gasteiger partial charge in [-0.15, -0.1) is 0 Å². The van der Waals surface area contributed by atoms with Gasteiger partial charge in [0.15, 0.2) is 5.60 Å². The highest BCUT2D eigenvalue weighted by Gasteiger charge is 2.53. The van der Waals surface area contributed by atoms with Crippen LogP contribution in [0.15, 0.2) is 90.1 Å². The van der Waals surface area contributed by atoms with Crippen LogP contribution in [0.25, 0.3) is 0 Å². The van der Waals surface area contributed by atoms with Gasteiger partial charge in [-0.1, -0.05) is 35.1 Å². The summed E-state index contributed by atoms with van der Waals surface area (Å²) < 4.78 is 28.8. The molecule has 2 aliphatic heterocycles. The lowest BCUT2D eigenvalue weighted by Crippen LogP contribution is -2.33. The molecule has 0 saturated heterocycles. The molecule has 1 spiro atoms. The maximum absolute atomic E-state index is 13.0. The number of fused-ring (bicyclic) bond motifs is 6. The van der Waals surface area contributed by atoms with Crippen molar-refractivity contribution in [2.24, 2.45) is 0 Å². The van der Waals surface area contributed by atoms with E-state index in [9.17, 15) is 9.59 Å². The molecule has 202 valence electrons. The Kier molecular flexibility index (Phi) is 7.27. The van der Waals surface area contributed by atoms with Crippen LogP contribution in [-0.2, 0) is 15.1 Å². The van der Waals surface area contributed by atoms with Crippen LogP contribution in [0.2, 0.25) is 0 Å². The van der Waals surface area contributed by atoms with Crippen LogP contribution >= 0.6 is 21.6 Å². The number of aromatic nitrogens is 1. The third-order valence-corrected chi connectivity index (χ3v) is 8.57. The van der Waals surface area contributed by atoms with Gasteiger partial charge in [-0.3, -0.25) is 0 Å². The molecule has 0 saturated carbocycles. The van der Waals surface area contributed by atoms with Crippen molar-refractivity contribution in [1.29, 1.82) is 0 Å². The summed E-state index contributed by atoms with van der Waals surface area (Å²) in [4.78, 5) is 29.6. The Bertz CT molecular complexity index is 1580. The summed E-state index contributed by atoms with van der Waals surface area (Å²) in [7, 11) is 3.03. The van der Waals surface area contributed by atoms with Crippen molar-refractivity contribution in [3.05, 3.63) is 107 Å². The van der Waals surface area contributed by atoms with E-state index in [0.29, 0.717) is 51.9 Å². The molecule has 0 radical (unpaired) electrons. The molecule has 40 heavy (non-hydrogen) atoms. The number of esters is 1. The fourth-order valence-corrected chi connectivity index (χ4v) is 6.45. The van der Waals surface area contributed by atoms with E-state index in [2.05, 4.69) is 4.98 Å². The number of hydrogen-bond acceptors (Lipinski definition) is 10. The summed E-state index contributed by atoms with van der Waals surface area (Å²) in [5, 5.41) is 0.882. The van der Waals surface area contributed by atoms with Gasteiger partial charge in [-0.05, 0) is 60.2 Å². The van der Waals surface area contributed by atoms with Crippen molar-refractivity contribution in [2.75, 3.05) is 19.0 Å². The smallest absolute Gasteiger partial charge is 0.494 e. The van der Waals surface area contributed by atoms with E-state index >= 15 is 0 Å². The highest BCUT2D eigenvalue weighted by molar-refractivity contribution is 8.76. The minimum absolute atomic E-state index is 0.175. The third kappa shape index (κ3) is 4.84. The molecule has 10 heteroatoms. The van der Waals surface area contributed by atoms with Crippen molar-refractivity contribution in [3.8, 4) is 23.0 Å². The first-order chi connectivity index (χ1) is 19.6. The van der Waals surface area contributed by atoms with Gasteiger partial charge in [0.05, 0.1) is 12.2 Å². The zero-order valence-corrected chi connectivity index (χ0v) is 23.0. The fourth-order valence-electron chi connectivity index (χ4n) is 4.74. The van der Waals surface area contributed by atoms with E-state index < -0.39 is 17.7 Å². The lowest BCUT2D eigenvalue weighted by atomic mass is 9.77. The first-order valence-corrected chi connectivity index (χ1v) is 14.9. The van der Waals surface area contributed by atoms with Crippen molar-refractivity contribution >= 4 is 33.7 Å². The number of hydrogen-bond donors (Lipinski definition) is 0. The fraction of sp³-hybridized carbons (Fsp3) is 0.167. The number of carbonyl (C=O) groups excluding carboxylic acids is 2. The van der Waals surface area contributed by atoms with E-state index in [1.807, 2.05) is 49.4 Å². The number of benzene rings is 3. The van der Waals surface area contributed by atoms with Crippen molar-refractivity contribution in [3.63, 3.8) is 0 Å². The summed E-state index contributed by atoms with van der Waals surface area (Å²) in [6.07, 6.45) is 0.901. The number of carbonyl (C=O) groups is 2. The Labute approximate surface area is 238 Å². The molecule has 2 aliphatic rings. The molecule has 1 aromatic heterocycles. The molecule has 1 unspecified atom stereocenters. The molecule has 3 aromatic carbocycles. The predicted octanol–water partition coefficient (Wildman–Crippen LogP) is 7.00. The summed E-state index contributed by atoms with van der Waals surface area (Å²) in [6.45, 7) is 2.56. The minimum Gasteiger partial charge on any atom is -0.494 e. The van der Waals surface area contributed by atoms with Gasteiger partial charge in [-0.2, -0.15) is 0 Å². The second kappa shape index (κ2) is 11.1. The van der Waals surface area contributed by atoms with Gasteiger partial charge < -0.3 is 23.7 Å². The van der Waals surface area contributed by atoms with Crippen LogP contribution in [0.1, 0.15) is 34.0 Å². The van der Waals surface area contributed by atoms with Crippen LogP contribution in [0.5, 0.6) is 23.0 Å². The standard InChI is InChI=1S/C30H23NO7S2/c1-2-34-19-10-12-23-25(17-19)37-26-18-20(36-29(33)35-15-16-39-40-27-9-5-6-14-31-27)11-13-24(26)30(23)22-8-4-3-7-21(22)28(32)38-30/h3-14,17-18H,2,15-16H2,1H3. The van der Waals surface area contributed by atoms with Crippen molar-refractivity contribution < 1.29 is 33.3 Å². The third-order valence-electron chi connectivity index (χ3n) is 6.34. The predicted molar refractivity (Wildman–Crippen MR) is 150 cm³/mol. The maximum Gasteiger partial charge on any atom is 0.513 e. The molecular weight excluding hydrogens is 550 g/mol. The SMILES string of the molecule is CCOc1ccc2c(c1)Oc1cc(OC(=O)OCCSSc3ccccn3)ccc1C21OC(=O)c2ccccc21. The van der Waals surface area contributed by atoms with E-state index in [1.54, 1.807) is 42.6 Å². The van der Waals surface area contributed by atoms with Crippen molar-refractivity contribution in [1.82, 2.24) is 4.98 Å². The lowest BCUT2D eigenvalue weighted by Gasteiger charge is -2.36. The number of rotatable bonds is 8. The number of nitrogens with zero attached hydrogens (tertiary/aromatic N) is 1. The van der Waals surface area contributed by atoms with Gasteiger partial charge in [0.1, 0.15) is 34.6 Å². The Hall–Kier alpha value is -4.15. The van der Waals surface area contributed by atoms with Gasteiger partial charge in [-0.25, -0.2) is 14.6 Å². The van der Waals surface area contributed by atoms with Crippen LogP contribution in [0.4, 0.5) is 4.79 Å². The molecule has 0 amide bonds. The highest BCUT2D eigenvalue weighted by Crippen LogP contribution is 2.57. The van der Waals surface area contributed by atoms with Gasteiger partial charge in [0.2, 0.25) is 0 Å². The summed E-state index contributed by atoms with van der Waals surface area (Å²) in [6, 6.07) is 23.4. The second-order valence-corrected chi connectivity index (χ2v) is 11.2. The molecule has 4 aromatic rings. The highest BCUT2D eigenvalue weighted by atomic mass is 33.1. The Morgan fingerprint density at radius 2 is 1.68 bits per heavy atom. The normalized spacial score (nSPS) is 16.3. The minimum atomic E-state index is -1.22. The Balaban J connectivity index is 1.23. The zero-order chi connectivity index (χ0) is 27.5. The van der Waals surface area contributed by atoms with Gasteiger partial charge >= 0.3 is 12.1 Å². The van der Waals surface area contributed by atoms with E-state index in [4.69, 9.17) is 23.7 Å². The topological polar surface area (TPSA) is 93.2 Å². The Morgan fingerprint density at radius 1 is 0.925 bits per heavy atom. The molecule has 3 heterocycles. The molecule has 0 aliphatic carbocycles. The van der Waals surface area contributed by atoms with Gasteiger partial charge in [0, 0.05) is 40.8 Å². The lowest BCUT2D eigenvalue weighted by molar-refractivity contribution is 0.0224. The molecule has 1 atom stereocenters. The van der Waals surface area contributed by atoms with Crippen LogP contribution < -0.4 is 14.2 Å². The zero-order valence-electron chi connectivity index (χ0n) is 21.3. The molecule has 0 N–H and O–H groups in total. The number of pyridine rings is 1. The summed E-state index contributed by atoms with van der Waals surface area (Å²) in [5.41, 5.74) is 1.27. The van der Waals surface area contributed by atoms with Gasteiger partial charge in [0.25, 0.3) is 0 Å². The van der Waals surface area contributed by atoms with Crippen LogP contribution in [0.3, 0.4) is 0 Å². The van der Waals surface area contributed by atoms with E-state index in [-0.39, 0.29) is 12.4 Å². The Morgan fingerprint density at radius 3 is 2.45 bits per heavy atom. The van der Waals surface area contributed by atoms with Crippen molar-refractivity contribution in [2.45, 2.75) is 17.6 Å². The first-order valence-electron chi connectivity index (χ1n) is 12.6. The summed E-state index contributed by atoms with van der Waals surface area (Å²) in [5.74, 6) is 1.86. The first kappa shape index (κ1) is 26.1. The van der Waals surface area contributed by atoms with Crippen LogP contribution in [0, 0.1) is 0 Å². The average Bonchev–Trinajstić information content (AvgIpc) is 3.26. The summed E-state index contributed by atoms with van der Waals surface area (Å²) >= 11 is 0. The monoisotopic (exact) mass is 573 g/mol. The number of ether oxygens (including phenoxy) is 5. The molecule has 6 rings (SSSR count). The average molecular weight is 574 g/mol. The largest absolute Gasteiger partial charge is 0.513 e. The molecule has 0 fully saturated rings.